The van der Waals surface area contributed by atoms with Crippen molar-refractivity contribution in [2.24, 2.45) is 0 Å². The van der Waals surface area contributed by atoms with E-state index in [9.17, 15) is 9.59 Å². The molecule has 0 amide bonds. The lowest BCUT2D eigenvalue weighted by Gasteiger charge is -2.12. The van der Waals surface area contributed by atoms with Crippen molar-refractivity contribution < 1.29 is 23.8 Å². The molecule has 5 heteroatoms. The molecular formula is C19H24O5. The quantitative estimate of drug-likeness (QED) is 0.251. The molecule has 0 aliphatic rings. The summed E-state index contributed by atoms with van der Waals surface area (Å²) >= 11 is 0. The number of carbonyl (C=O) groups is 2. The van der Waals surface area contributed by atoms with Crippen LogP contribution in [0, 0.1) is 0 Å². The number of ether oxygens (including phenoxy) is 3. The minimum absolute atomic E-state index is 0.137. The summed E-state index contributed by atoms with van der Waals surface area (Å²) in [4.78, 5) is 24.1. The Balaban J connectivity index is 2.94. The van der Waals surface area contributed by atoms with Gasteiger partial charge in [-0.2, -0.15) is 0 Å². The first kappa shape index (κ1) is 19.5. The second kappa shape index (κ2) is 9.55. The van der Waals surface area contributed by atoms with Crippen molar-refractivity contribution in [2.75, 3.05) is 7.11 Å². The van der Waals surface area contributed by atoms with E-state index >= 15 is 0 Å². The van der Waals surface area contributed by atoms with Gasteiger partial charge in [0.25, 0.3) is 0 Å². The van der Waals surface area contributed by atoms with Crippen molar-refractivity contribution in [3.63, 3.8) is 0 Å². The normalized spacial score (nSPS) is 10.8. The molecule has 0 N–H and O–H groups in total. The molecule has 0 saturated carbocycles. The van der Waals surface area contributed by atoms with Gasteiger partial charge >= 0.3 is 11.9 Å². The van der Waals surface area contributed by atoms with E-state index in [-0.39, 0.29) is 17.8 Å². The first-order chi connectivity index (χ1) is 11.3. The molecule has 1 rings (SSSR count). The highest BCUT2D eigenvalue weighted by Crippen LogP contribution is 2.13. The Hall–Kier alpha value is -2.56. The number of esters is 2. The minimum Gasteiger partial charge on any atom is -0.497 e. The van der Waals surface area contributed by atoms with Gasteiger partial charge in [-0.1, -0.05) is 24.3 Å². The predicted octanol–water partition coefficient (Wildman–Crippen LogP) is 3.54. The molecule has 1 aromatic rings. The maximum atomic E-state index is 12.1. The maximum absolute atomic E-state index is 12.1. The fourth-order valence-electron chi connectivity index (χ4n) is 1.75. The summed E-state index contributed by atoms with van der Waals surface area (Å²) in [5, 5.41) is 0. The van der Waals surface area contributed by atoms with E-state index < -0.39 is 11.9 Å². The standard InChI is InChI=1S/C19H24O5/c1-13(2)23-18(20)17(19(21)24-14(3)4)8-6-7-15-9-11-16(22-5)12-10-15/h6-14H,1-5H3. The SMILES string of the molecule is COc1ccc(C=CC=C(C(=O)OC(C)C)C(=O)OC(C)C)cc1. The zero-order chi connectivity index (χ0) is 18.1. The molecule has 0 spiro atoms. The third-order valence-corrected chi connectivity index (χ3v) is 2.79. The first-order valence-electron chi connectivity index (χ1n) is 7.78. The summed E-state index contributed by atoms with van der Waals surface area (Å²) in [6, 6.07) is 7.37. The Kier molecular flexibility index (Phi) is 7.75. The van der Waals surface area contributed by atoms with E-state index in [4.69, 9.17) is 14.2 Å². The van der Waals surface area contributed by atoms with Crippen LogP contribution in [-0.2, 0) is 19.1 Å². The zero-order valence-corrected chi connectivity index (χ0v) is 14.7. The van der Waals surface area contributed by atoms with Gasteiger partial charge in [-0.25, -0.2) is 9.59 Å². The maximum Gasteiger partial charge on any atom is 0.345 e. The Bertz CT molecular complexity index is 585. The number of methoxy groups -OCH3 is 1. The van der Waals surface area contributed by atoms with Crippen LogP contribution < -0.4 is 4.74 Å². The largest absolute Gasteiger partial charge is 0.497 e. The number of rotatable bonds is 7. The van der Waals surface area contributed by atoms with E-state index in [2.05, 4.69) is 0 Å². The lowest BCUT2D eigenvalue weighted by Crippen LogP contribution is -2.23. The third-order valence-electron chi connectivity index (χ3n) is 2.79. The molecule has 0 aromatic heterocycles. The molecule has 0 aliphatic carbocycles. The molecule has 0 saturated heterocycles. The monoisotopic (exact) mass is 332 g/mol. The van der Waals surface area contributed by atoms with E-state index in [1.165, 1.54) is 6.08 Å². The van der Waals surface area contributed by atoms with Crippen LogP contribution in [0.1, 0.15) is 33.3 Å². The molecular weight excluding hydrogens is 308 g/mol. The van der Waals surface area contributed by atoms with E-state index in [0.717, 1.165) is 11.3 Å². The second-order valence-corrected chi connectivity index (χ2v) is 5.62. The third kappa shape index (κ3) is 6.69. The van der Waals surface area contributed by atoms with Crippen LogP contribution in [0.2, 0.25) is 0 Å². The Labute approximate surface area is 142 Å². The molecule has 0 heterocycles. The highest BCUT2D eigenvalue weighted by molar-refractivity contribution is 6.14. The Morgan fingerprint density at radius 3 is 1.83 bits per heavy atom. The van der Waals surface area contributed by atoms with Gasteiger partial charge in [-0.3, -0.25) is 0 Å². The van der Waals surface area contributed by atoms with E-state index in [1.807, 2.05) is 24.3 Å². The number of hydrogen-bond donors (Lipinski definition) is 0. The molecule has 24 heavy (non-hydrogen) atoms. The molecule has 0 radical (unpaired) electrons. The molecule has 130 valence electrons. The zero-order valence-electron chi connectivity index (χ0n) is 14.7. The summed E-state index contributed by atoms with van der Waals surface area (Å²) < 4.78 is 15.3. The van der Waals surface area contributed by atoms with E-state index in [0.29, 0.717) is 0 Å². The fraction of sp³-hybridized carbons (Fsp3) is 0.368. The highest BCUT2D eigenvalue weighted by Gasteiger charge is 2.22. The Morgan fingerprint density at radius 2 is 1.42 bits per heavy atom. The van der Waals surface area contributed by atoms with Crippen molar-refractivity contribution in [1.82, 2.24) is 0 Å². The number of carbonyl (C=O) groups excluding carboxylic acids is 2. The summed E-state index contributed by atoms with van der Waals surface area (Å²) in [6.07, 6.45) is 4.14. The van der Waals surface area contributed by atoms with Crippen LogP contribution in [0.25, 0.3) is 6.08 Å². The lowest BCUT2D eigenvalue weighted by atomic mass is 10.2. The van der Waals surface area contributed by atoms with Crippen LogP contribution in [0.3, 0.4) is 0 Å². The fourth-order valence-corrected chi connectivity index (χ4v) is 1.75. The molecule has 0 atom stereocenters. The topological polar surface area (TPSA) is 61.8 Å². The molecule has 0 unspecified atom stereocenters. The average molecular weight is 332 g/mol. The van der Waals surface area contributed by atoms with Crippen LogP contribution in [0.4, 0.5) is 0 Å². The summed E-state index contributed by atoms with van der Waals surface area (Å²) in [7, 11) is 1.60. The van der Waals surface area contributed by atoms with Crippen LogP contribution >= 0.6 is 0 Å². The molecule has 0 bridgehead atoms. The second-order valence-electron chi connectivity index (χ2n) is 5.62. The van der Waals surface area contributed by atoms with Crippen LogP contribution in [-0.4, -0.2) is 31.3 Å². The Morgan fingerprint density at radius 1 is 0.917 bits per heavy atom. The molecule has 1 aromatic carbocycles. The smallest absolute Gasteiger partial charge is 0.345 e. The van der Waals surface area contributed by atoms with Crippen molar-refractivity contribution in [3.8, 4) is 5.75 Å². The van der Waals surface area contributed by atoms with Crippen molar-refractivity contribution in [1.29, 1.82) is 0 Å². The number of allylic oxidation sites excluding steroid dienone is 2. The van der Waals surface area contributed by atoms with Gasteiger partial charge in [0.2, 0.25) is 0 Å². The van der Waals surface area contributed by atoms with Gasteiger partial charge < -0.3 is 14.2 Å². The number of benzene rings is 1. The summed E-state index contributed by atoms with van der Waals surface area (Å²) in [5.41, 5.74) is 0.767. The molecule has 5 nitrogen and oxygen atoms in total. The van der Waals surface area contributed by atoms with Gasteiger partial charge in [-0.15, -0.1) is 0 Å². The summed E-state index contributed by atoms with van der Waals surface area (Å²) in [5.74, 6) is -0.644. The number of hydrogen-bond acceptors (Lipinski definition) is 5. The van der Waals surface area contributed by atoms with Gasteiger partial charge in [0.1, 0.15) is 11.3 Å². The van der Waals surface area contributed by atoms with E-state index in [1.54, 1.807) is 47.0 Å². The average Bonchev–Trinajstić information content (AvgIpc) is 2.50. The van der Waals surface area contributed by atoms with Crippen LogP contribution in [0.5, 0.6) is 5.75 Å². The van der Waals surface area contributed by atoms with Gasteiger partial charge in [-0.05, 0) is 51.5 Å². The highest BCUT2D eigenvalue weighted by atomic mass is 16.6. The van der Waals surface area contributed by atoms with Gasteiger partial charge in [0, 0.05) is 0 Å². The van der Waals surface area contributed by atoms with Crippen molar-refractivity contribution in [3.05, 3.63) is 47.6 Å². The van der Waals surface area contributed by atoms with Gasteiger partial charge in [0.15, 0.2) is 0 Å². The minimum atomic E-state index is -0.699. The van der Waals surface area contributed by atoms with Gasteiger partial charge in [0.05, 0.1) is 19.3 Å². The molecule has 0 aliphatic heterocycles. The van der Waals surface area contributed by atoms with Crippen molar-refractivity contribution >= 4 is 18.0 Å². The summed E-state index contributed by atoms with van der Waals surface area (Å²) in [6.45, 7) is 6.87. The molecule has 0 fully saturated rings. The predicted molar refractivity (Wildman–Crippen MR) is 92.6 cm³/mol. The first-order valence-corrected chi connectivity index (χ1v) is 7.78. The van der Waals surface area contributed by atoms with Crippen molar-refractivity contribution in [2.45, 2.75) is 39.9 Å². The van der Waals surface area contributed by atoms with Crippen LogP contribution in [0.15, 0.2) is 42.0 Å². The lowest BCUT2D eigenvalue weighted by molar-refractivity contribution is -0.150.